The first-order chi connectivity index (χ1) is 17.9. The van der Waals surface area contributed by atoms with Crippen LogP contribution in [0.25, 0.3) is 28.6 Å². The third-order valence-corrected chi connectivity index (χ3v) is 6.21. The number of halogens is 1. The number of benzene rings is 2. The van der Waals surface area contributed by atoms with Gasteiger partial charge in [0.2, 0.25) is 5.75 Å². The van der Waals surface area contributed by atoms with Crippen LogP contribution in [0.1, 0.15) is 36.6 Å². The van der Waals surface area contributed by atoms with Crippen LogP contribution in [0.2, 0.25) is 5.02 Å². The highest BCUT2D eigenvalue weighted by Crippen LogP contribution is 2.40. The van der Waals surface area contributed by atoms with Crippen LogP contribution >= 0.6 is 11.6 Å². The van der Waals surface area contributed by atoms with Gasteiger partial charge in [0.25, 0.3) is 0 Å². The van der Waals surface area contributed by atoms with Crippen molar-refractivity contribution in [2.45, 2.75) is 26.2 Å². The van der Waals surface area contributed by atoms with Gasteiger partial charge in [0.15, 0.2) is 17.1 Å². The number of carboxylic acid groups (broad SMARTS) is 1. The van der Waals surface area contributed by atoms with Crippen molar-refractivity contribution in [2.75, 3.05) is 21.3 Å². The highest BCUT2D eigenvalue weighted by atomic mass is 35.5. The lowest BCUT2D eigenvalue weighted by molar-refractivity contribution is -0.130. The Bertz CT molecular complexity index is 1450. The minimum atomic E-state index is -1.10. The van der Waals surface area contributed by atoms with Crippen molar-refractivity contribution in [1.82, 2.24) is 14.6 Å². The SMILES string of the molecule is CCCCc1cc(-c2cc(Cl)ccc2/C(=C\c2cc(OC)c(OC)c(OC)c2)C(=O)O)n2nccc2n1. The molecule has 4 rings (SSSR count). The van der Waals surface area contributed by atoms with Crippen molar-refractivity contribution < 1.29 is 24.1 Å². The van der Waals surface area contributed by atoms with Gasteiger partial charge in [-0.3, -0.25) is 0 Å². The Morgan fingerprint density at radius 1 is 1.05 bits per heavy atom. The molecular formula is C28H28ClN3O5. The van der Waals surface area contributed by atoms with E-state index in [0.717, 1.165) is 25.0 Å². The Kier molecular flexibility index (Phi) is 7.98. The number of methoxy groups -OCH3 is 3. The number of rotatable bonds is 10. The molecule has 0 spiro atoms. The third-order valence-electron chi connectivity index (χ3n) is 5.98. The van der Waals surface area contributed by atoms with Gasteiger partial charge in [0, 0.05) is 22.3 Å². The zero-order valence-electron chi connectivity index (χ0n) is 21.1. The summed E-state index contributed by atoms with van der Waals surface area (Å²) in [7, 11) is 4.53. The Hall–Kier alpha value is -4.04. The number of nitrogens with zero attached hydrogens (tertiary/aromatic N) is 3. The Balaban J connectivity index is 1.95. The Morgan fingerprint density at radius 2 is 1.78 bits per heavy atom. The van der Waals surface area contributed by atoms with E-state index in [-0.39, 0.29) is 5.57 Å². The standard InChI is InChI=1S/C28H28ClN3O5/c1-5-6-7-19-16-23(32-26(31-19)10-11-30-32)21-15-18(29)8-9-20(21)22(28(33)34)12-17-13-24(35-2)27(37-4)25(14-17)36-3/h8-16H,5-7H2,1-4H3,(H,33,34)/b22-12+. The number of aliphatic carboxylic acids is 1. The van der Waals surface area contributed by atoms with Crippen molar-refractivity contribution in [1.29, 1.82) is 0 Å². The van der Waals surface area contributed by atoms with E-state index in [1.165, 1.54) is 21.3 Å². The first kappa shape index (κ1) is 26.0. The van der Waals surface area contributed by atoms with E-state index in [1.807, 2.05) is 12.1 Å². The first-order valence-corrected chi connectivity index (χ1v) is 12.2. The van der Waals surface area contributed by atoms with Gasteiger partial charge in [0.05, 0.1) is 38.8 Å². The second-order valence-electron chi connectivity index (χ2n) is 8.35. The van der Waals surface area contributed by atoms with E-state index in [1.54, 1.807) is 47.1 Å². The van der Waals surface area contributed by atoms with Gasteiger partial charge < -0.3 is 19.3 Å². The molecule has 0 bridgehead atoms. The summed E-state index contributed by atoms with van der Waals surface area (Å²) in [5, 5.41) is 15.2. The molecule has 0 aliphatic rings. The fourth-order valence-corrected chi connectivity index (χ4v) is 4.38. The van der Waals surface area contributed by atoms with Gasteiger partial charge in [-0.25, -0.2) is 14.3 Å². The van der Waals surface area contributed by atoms with Crippen molar-refractivity contribution >= 4 is 34.9 Å². The molecule has 0 atom stereocenters. The minimum absolute atomic E-state index is 0.0631. The number of aromatic nitrogens is 3. The monoisotopic (exact) mass is 521 g/mol. The van der Waals surface area contributed by atoms with Gasteiger partial charge in [0.1, 0.15) is 0 Å². The highest BCUT2D eigenvalue weighted by Gasteiger charge is 2.21. The predicted molar refractivity (Wildman–Crippen MR) is 144 cm³/mol. The van der Waals surface area contributed by atoms with Crippen LogP contribution in [0, 0.1) is 0 Å². The van der Waals surface area contributed by atoms with Crippen LogP contribution in [-0.2, 0) is 11.2 Å². The molecular weight excluding hydrogens is 494 g/mol. The lowest BCUT2D eigenvalue weighted by Gasteiger charge is -2.15. The maximum absolute atomic E-state index is 12.6. The second kappa shape index (κ2) is 11.3. The molecule has 2 aromatic carbocycles. The van der Waals surface area contributed by atoms with E-state index >= 15 is 0 Å². The number of fused-ring (bicyclic) bond motifs is 1. The Labute approximate surface area is 220 Å². The number of unbranched alkanes of at least 4 members (excludes halogenated alkanes) is 1. The Morgan fingerprint density at radius 3 is 2.41 bits per heavy atom. The highest BCUT2D eigenvalue weighted by molar-refractivity contribution is 6.31. The van der Waals surface area contributed by atoms with Crippen LogP contribution in [0.15, 0.2) is 48.7 Å². The maximum atomic E-state index is 12.6. The summed E-state index contributed by atoms with van der Waals surface area (Å²) in [6.45, 7) is 2.13. The summed E-state index contributed by atoms with van der Waals surface area (Å²) in [5.74, 6) is 0.155. The molecule has 2 heterocycles. The summed E-state index contributed by atoms with van der Waals surface area (Å²) in [4.78, 5) is 17.3. The zero-order valence-corrected chi connectivity index (χ0v) is 21.9. The number of hydrogen-bond donors (Lipinski definition) is 1. The molecule has 37 heavy (non-hydrogen) atoms. The smallest absolute Gasteiger partial charge is 0.336 e. The summed E-state index contributed by atoms with van der Waals surface area (Å²) in [6, 6.07) is 12.3. The van der Waals surface area contributed by atoms with Crippen LogP contribution in [-0.4, -0.2) is 47.0 Å². The molecule has 0 aliphatic heterocycles. The van der Waals surface area contributed by atoms with Gasteiger partial charge in [-0.1, -0.05) is 31.0 Å². The molecule has 8 nitrogen and oxygen atoms in total. The predicted octanol–water partition coefficient (Wildman–Crippen LogP) is 6.04. The molecule has 192 valence electrons. The molecule has 1 N–H and O–H groups in total. The molecule has 0 aliphatic carbocycles. The number of hydrogen-bond acceptors (Lipinski definition) is 6. The average Bonchev–Trinajstić information content (AvgIpc) is 3.38. The maximum Gasteiger partial charge on any atom is 0.336 e. The second-order valence-corrected chi connectivity index (χ2v) is 8.79. The van der Waals surface area contributed by atoms with Crippen molar-refractivity contribution in [3.8, 4) is 28.5 Å². The van der Waals surface area contributed by atoms with E-state index < -0.39 is 5.97 Å². The van der Waals surface area contributed by atoms with Crippen LogP contribution in [0.5, 0.6) is 17.2 Å². The minimum Gasteiger partial charge on any atom is -0.493 e. The third kappa shape index (κ3) is 5.39. The summed E-state index contributed by atoms with van der Waals surface area (Å²) < 4.78 is 18.0. The van der Waals surface area contributed by atoms with Crippen molar-refractivity contribution in [2.24, 2.45) is 0 Å². The van der Waals surface area contributed by atoms with Crippen LogP contribution < -0.4 is 14.2 Å². The first-order valence-electron chi connectivity index (χ1n) is 11.8. The fourth-order valence-electron chi connectivity index (χ4n) is 4.21. The van der Waals surface area contributed by atoms with Crippen LogP contribution in [0.3, 0.4) is 0 Å². The van der Waals surface area contributed by atoms with Crippen molar-refractivity contribution in [3.63, 3.8) is 0 Å². The van der Waals surface area contributed by atoms with Gasteiger partial charge >= 0.3 is 5.97 Å². The molecule has 0 saturated carbocycles. The number of aryl methyl sites for hydroxylation is 1. The molecule has 0 saturated heterocycles. The van der Waals surface area contributed by atoms with E-state index in [9.17, 15) is 9.90 Å². The van der Waals surface area contributed by atoms with Gasteiger partial charge in [-0.05, 0) is 60.4 Å². The molecule has 9 heteroatoms. The van der Waals surface area contributed by atoms with E-state index in [4.69, 9.17) is 30.8 Å². The zero-order chi connectivity index (χ0) is 26.5. The number of ether oxygens (including phenoxy) is 3. The molecule has 0 radical (unpaired) electrons. The average molecular weight is 522 g/mol. The lowest BCUT2D eigenvalue weighted by Crippen LogP contribution is -2.06. The lowest BCUT2D eigenvalue weighted by atomic mass is 9.95. The molecule has 0 amide bonds. The summed E-state index contributed by atoms with van der Waals surface area (Å²) in [6.07, 6.45) is 6.06. The fraction of sp³-hybridized carbons (Fsp3) is 0.250. The summed E-state index contributed by atoms with van der Waals surface area (Å²) in [5.41, 5.74) is 4.03. The number of carbonyl (C=O) groups is 1. The number of carboxylic acids is 1. The van der Waals surface area contributed by atoms with E-state index in [0.29, 0.717) is 50.3 Å². The quantitative estimate of drug-likeness (QED) is 0.201. The largest absolute Gasteiger partial charge is 0.493 e. The van der Waals surface area contributed by atoms with E-state index in [2.05, 4.69) is 12.0 Å². The van der Waals surface area contributed by atoms with Gasteiger partial charge in [-0.15, -0.1) is 0 Å². The molecule has 0 fully saturated rings. The summed E-state index contributed by atoms with van der Waals surface area (Å²) >= 11 is 6.41. The molecule has 2 aromatic heterocycles. The topological polar surface area (TPSA) is 95.2 Å². The van der Waals surface area contributed by atoms with Crippen molar-refractivity contribution in [3.05, 3.63) is 70.5 Å². The normalized spacial score (nSPS) is 11.5. The molecule has 4 aromatic rings. The van der Waals surface area contributed by atoms with Gasteiger partial charge in [-0.2, -0.15) is 5.10 Å². The molecule has 0 unspecified atom stereocenters. The van der Waals surface area contributed by atoms with Crippen LogP contribution in [0.4, 0.5) is 0 Å².